The van der Waals surface area contributed by atoms with Crippen LogP contribution < -0.4 is 10.9 Å². The maximum Gasteiger partial charge on any atom is 0.280 e. The number of carbonyl (C=O) groups excluding carboxylic acids is 2. The van der Waals surface area contributed by atoms with Crippen molar-refractivity contribution in [2.45, 2.75) is 86.7 Å². The van der Waals surface area contributed by atoms with Crippen molar-refractivity contribution in [3.8, 4) is 10.4 Å². The molecule has 0 radical (unpaired) electrons. The maximum atomic E-state index is 10.7. The number of hydrogen-bond donors (Lipinski definition) is 2. The summed E-state index contributed by atoms with van der Waals surface area (Å²) in [6, 6.07) is 10.3. The zero-order valence-electron chi connectivity index (χ0n) is 25.1. The molecule has 1 amide bonds. The molecule has 3 aromatic rings. The van der Waals surface area contributed by atoms with Crippen molar-refractivity contribution < 1.29 is 14.1 Å². The highest BCUT2D eigenvalue weighted by Crippen LogP contribution is 2.27. The van der Waals surface area contributed by atoms with E-state index in [0.717, 1.165) is 23.6 Å². The number of hydrogen-bond acceptors (Lipinski definition) is 7. The van der Waals surface area contributed by atoms with Crippen LogP contribution in [0, 0.1) is 12.8 Å². The highest BCUT2D eigenvalue weighted by atomic mass is 32.1. The summed E-state index contributed by atoms with van der Waals surface area (Å²) < 4.78 is 4.81. The molecule has 2 aromatic heterocycles. The third-order valence-corrected chi connectivity index (χ3v) is 6.95. The van der Waals surface area contributed by atoms with Gasteiger partial charge in [0.05, 0.1) is 22.0 Å². The van der Waals surface area contributed by atoms with Crippen LogP contribution in [0.1, 0.15) is 84.2 Å². The monoisotopic (exact) mass is 560 g/mol. The smallest absolute Gasteiger partial charge is 0.280 e. The minimum atomic E-state index is -0.330. The van der Waals surface area contributed by atoms with Crippen molar-refractivity contribution in [3.05, 3.63) is 63.2 Å². The second-order valence-corrected chi connectivity index (χ2v) is 9.81. The first-order valence-electron chi connectivity index (χ1n) is 13.8. The Morgan fingerprint density at radius 3 is 2.18 bits per heavy atom. The van der Waals surface area contributed by atoms with E-state index in [1.165, 1.54) is 35.9 Å². The molecule has 39 heavy (non-hydrogen) atoms. The Balaban J connectivity index is 0.000000553. The third kappa shape index (κ3) is 13.0. The summed E-state index contributed by atoms with van der Waals surface area (Å²) in [6.07, 6.45) is 4.30. The Bertz CT molecular complexity index is 1080. The SMILES string of the molecule is CC.CC.CC(C)C(C=O)c1cc(=O)[nH]o1.CC1CCCN1C.Cc1ncsc1-c1ccc(CNC=O)cc1. The van der Waals surface area contributed by atoms with Crippen molar-refractivity contribution in [3.63, 3.8) is 0 Å². The van der Waals surface area contributed by atoms with Gasteiger partial charge in [-0.15, -0.1) is 11.3 Å². The van der Waals surface area contributed by atoms with Gasteiger partial charge in [-0.05, 0) is 57.3 Å². The second-order valence-electron chi connectivity index (χ2n) is 8.96. The summed E-state index contributed by atoms with van der Waals surface area (Å²) in [5, 5.41) is 4.79. The molecule has 2 atom stereocenters. The Labute approximate surface area is 238 Å². The number of aromatic amines is 1. The van der Waals surface area contributed by atoms with E-state index >= 15 is 0 Å². The molecule has 0 aliphatic carbocycles. The van der Waals surface area contributed by atoms with Gasteiger partial charge in [0.2, 0.25) is 6.41 Å². The van der Waals surface area contributed by atoms with Gasteiger partial charge in [-0.1, -0.05) is 65.8 Å². The topological polar surface area (TPSA) is 108 Å². The minimum Gasteiger partial charge on any atom is -0.383 e. The molecule has 1 fully saturated rings. The summed E-state index contributed by atoms with van der Waals surface area (Å²) in [7, 11) is 2.19. The summed E-state index contributed by atoms with van der Waals surface area (Å²) in [5.74, 6) is 0.218. The van der Waals surface area contributed by atoms with E-state index in [-0.39, 0.29) is 17.4 Å². The van der Waals surface area contributed by atoms with E-state index in [4.69, 9.17) is 4.52 Å². The van der Waals surface area contributed by atoms with E-state index in [1.807, 2.05) is 66.1 Å². The zero-order chi connectivity index (χ0) is 29.8. The summed E-state index contributed by atoms with van der Waals surface area (Å²) in [4.78, 5) is 39.2. The van der Waals surface area contributed by atoms with E-state index in [2.05, 4.69) is 46.5 Å². The van der Waals surface area contributed by atoms with Gasteiger partial charge in [0.15, 0.2) is 0 Å². The number of nitrogens with one attached hydrogen (secondary N) is 2. The Hall–Kier alpha value is -3.04. The Morgan fingerprint density at radius 2 is 1.82 bits per heavy atom. The summed E-state index contributed by atoms with van der Waals surface area (Å²) in [5.41, 5.74) is 4.88. The number of aromatic nitrogens is 2. The average molecular weight is 561 g/mol. The molecule has 2 unspecified atom stereocenters. The van der Waals surface area contributed by atoms with Crippen LogP contribution in [0.3, 0.4) is 0 Å². The van der Waals surface area contributed by atoms with Crippen molar-refractivity contribution >= 4 is 24.0 Å². The first kappa shape index (κ1) is 36.0. The van der Waals surface area contributed by atoms with Gasteiger partial charge in [-0.25, -0.2) is 4.98 Å². The van der Waals surface area contributed by atoms with Crippen molar-refractivity contribution in [1.29, 1.82) is 0 Å². The predicted octanol–water partition coefficient (Wildman–Crippen LogP) is 6.42. The van der Waals surface area contributed by atoms with E-state index in [9.17, 15) is 14.4 Å². The van der Waals surface area contributed by atoms with Crippen LogP contribution in [0.25, 0.3) is 10.4 Å². The van der Waals surface area contributed by atoms with Crippen LogP contribution in [0.2, 0.25) is 0 Å². The lowest BCUT2D eigenvalue weighted by atomic mass is 9.95. The van der Waals surface area contributed by atoms with E-state index in [0.29, 0.717) is 18.7 Å². The van der Waals surface area contributed by atoms with Crippen molar-refractivity contribution in [1.82, 2.24) is 20.4 Å². The minimum absolute atomic E-state index is 0.140. The molecule has 3 heterocycles. The largest absolute Gasteiger partial charge is 0.383 e. The standard InChI is InChI=1S/C12H12N2OS.C8H11NO3.C6H13N.2C2H6/c1-9-12(16-8-14-9)11-4-2-10(3-5-11)6-13-7-15;1-5(2)6(4-10)7-3-8(11)9-12-7;1-6-4-3-5-7(6)2;2*1-2/h2-5,7-8H,6H2,1H3,(H,13,15);3-6H,1-2H3,(H,9,11);6H,3-5H2,1-2H3;2*1-2H3. The molecule has 0 saturated carbocycles. The fourth-order valence-electron chi connectivity index (χ4n) is 3.60. The number of amides is 1. The van der Waals surface area contributed by atoms with Gasteiger partial charge in [-0.2, -0.15) is 5.16 Å². The normalized spacial score (nSPS) is 14.7. The molecule has 218 valence electrons. The molecule has 9 heteroatoms. The lowest BCUT2D eigenvalue weighted by molar-refractivity contribution is -0.110. The van der Waals surface area contributed by atoms with E-state index < -0.39 is 0 Å². The zero-order valence-corrected chi connectivity index (χ0v) is 25.9. The average Bonchev–Trinajstić information content (AvgIpc) is 3.68. The molecule has 1 aromatic carbocycles. The van der Waals surface area contributed by atoms with Crippen LogP contribution >= 0.6 is 11.3 Å². The molecule has 1 aliphatic heterocycles. The molecular formula is C30H48N4O4S. The van der Waals surface area contributed by atoms with Gasteiger partial charge < -0.3 is 19.5 Å². The summed E-state index contributed by atoms with van der Waals surface area (Å²) >= 11 is 1.64. The van der Waals surface area contributed by atoms with Crippen LogP contribution in [-0.2, 0) is 16.1 Å². The molecule has 0 bridgehead atoms. The van der Waals surface area contributed by atoms with Gasteiger partial charge in [0.1, 0.15) is 12.0 Å². The Kier molecular flexibility index (Phi) is 19.2. The number of nitrogens with zero attached hydrogens (tertiary/aromatic N) is 2. The van der Waals surface area contributed by atoms with Crippen LogP contribution in [0.5, 0.6) is 0 Å². The van der Waals surface area contributed by atoms with Gasteiger partial charge in [0, 0.05) is 18.7 Å². The van der Waals surface area contributed by atoms with Crippen molar-refractivity contribution in [2.24, 2.45) is 5.92 Å². The van der Waals surface area contributed by atoms with Crippen LogP contribution in [0.15, 0.2) is 45.2 Å². The maximum absolute atomic E-state index is 10.7. The second kappa shape index (κ2) is 20.9. The fourth-order valence-corrected chi connectivity index (χ4v) is 4.42. The highest BCUT2D eigenvalue weighted by molar-refractivity contribution is 7.13. The van der Waals surface area contributed by atoms with Gasteiger partial charge in [0.25, 0.3) is 5.56 Å². The molecule has 2 N–H and O–H groups in total. The van der Waals surface area contributed by atoms with Gasteiger partial charge >= 0.3 is 0 Å². The quantitative estimate of drug-likeness (QED) is 0.323. The summed E-state index contributed by atoms with van der Waals surface area (Å²) in [6.45, 7) is 18.0. The molecule has 8 nitrogen and oxygen atoms in total. The number of aryl methyl sites for hydroxylation is 1. The first-order chi connectivity index (χ1) is 18.8. The highest BCUT2D eigenvalue weighted by Gasteiger charge is 2.18. The molecular weight excluding hydrogens is 512 g/mol. The lowest BCUT2D eigenvalue weighted by Crippen LogP contribution is -2.20. The number of rotatable bonds is 7. The lowest BCUT2D eigenvalue weighted by Gasteiger charge is -2.12. The molecule has 4 rings (SSSR count). The van der Waals surface area contributed by atoms with Crippen LogP contribution in [-0.4, -0.2) is 47.4 Å². The van der Waals surface area contributed by atoms with E-state index in [1.54, 1.807) is 11.3 Å². The molecule has 0 spiro atoms. The molecule has 1 saturated heterocycles. The van der Waals surface area contributed by atoms with Crippen LogP contribution in [0.4, 0.5) is 0 Å². The predicted molar refractivity (Wildman–Crippen MR) is 162 cm³/mol. The first-order valence-corrected chi connectivity index (χ1v) is 14.6. The van der Waals surface area contributed by atoms with Crippen molar-refractivity contribution in [2.75, 3.05) is 13.6 Å². The third-order valence-electron chi connectivity index (χ3n) is 5.97. The number of benzene rings is 1. The number of carbonyl (C=O) groups is 2. The number of likely N-dealkylation sites (tertiary alicyclic amines) is 1. The number of aldehydes is 1. The Morgan fingerprint density at radius 1 is 1.18 bits per heavy atom. The molecule has 1 aliphatic rings. The van der Waals surface area contributed by atoms with Gasteiger partial charge in [-0.3, -0.25) is 9.59 Å². The number of thiazole rings is 1. The fraction of sp³-hybridized carbons (Fsp3) is 0.533. The number of H-pyrrole nitrogens is 1.